The SMILES string of the molecule is N#CC1(Cn2c(CCl)nc3cc(C4=C=COC(C(F)(F)F)=N4)ccc32)CC1. The van der Waals surface area contributed by atoms with Crippen LogP contribution < -0.4 is 0 Å². The lowest BCUT2D eigenvalue weighted by atomic mass is 10.1. The summed E-state index contributed by atoms with van der Waals surface area (Å²) in [5.41, 5.74) is 3.97. The lowest BCUT2D eigenvalue weighted by molar-refractivity contribution is -0.0736. The molecule has 4 rings (SSSR count). The van der Waals surface area contributed by atoms with Gasteiger partial charge in [0.1, 0.15) is 17.8 Å². The summed E-state index contributed by atoms with van der Waals surface area (Å²) in [6, 6.07) is 7.36. The number of imidazole rings is 1. The quantitative estimate of drug-likeness (QED) is 0.567. The van der Waals surface area contributed by atoms with Crippen LogP contribution in [0.4, 0.5) is 13.2 Å². The van der Waals surface area contributed by atoms with Gasteiger partial charge in [-0.15, -0.1) is 11.6 Å². The van der Waals surface area contributed by atoms with E-state index in [1.165, 1.54) is 0 Å². The Morgan fingerprint density at radius 2 is 2.15 bits per heavy atom. The molecule has 9 heteroatoms. The van der Waals surface area contributed by atoms with Crippen LogP contribution in [0, 0.1) is 16.7 Å². The zero-order chi connectivity index (χ0) is 19.2. The highest BCUT2D eigenvalue weighted by Crippen LogP contribution is 2.47. The van der Waals surface area contributed by atoms with Crippen LogP contribution in [-0.4, -0.2) is 21.6 Å². The Hall–Kier alpha value is -2.75. The van der Waals surface area contributed by atoms with Crippen molar-refractivity contribution in [3.8, 4) is 6.07 Å². The Morgan fingerprint density at radius 3 is 2.78 bits per heavy atom. The minimum Gasteiger partial charge on any atom is -0.434 e. The predicted octanol–water partition coefficient (Wildman–Crippen LogP) is 4.52. The standard InChI is InChI=1S/C18H12ClF3N4O/c19-8-15-24-13-7-11(12-3-6-27-16(25-12)18(20,21)22)1-2-14(13)26(15)10-17(9-23)4-5-17/h1-2,6-7H,4-5,8,10H2. The number of benzene rings is 1. The Balaban J connectivity index is 1.75. The lowest BCUT2D eigenvalue weighted by Crippen LogP contribution is -2.25. The van der Waals surface area contributed by atoms with Crippen molar-refractivity contribution in [3.63, 3.8) is 0 Å². The minimum atomic E-state index is -4.68. The molecule has 0 saturated heterocycles. The first-order valence-electron chi connectivity index (χ1n) is 8.10. The molecule has 0 spiro atoms. The molecule has 2 aromatic rings. The number of nitrogens with zero attached hydrogens (tertiary/aromatic N) is 4. The van der Waals surface area contributed by atoms with Crippen LogP contribution in [0.25, 0.3) is 16.7 Å². The normalized spacial score (nSPS) is 17.9. The summed E-state index contributed by atoms with van der Waals surface area (Å²) in [4.78, 5) is 7.97. The predicted molar refractivity (Wildman–Crippen MR) is 92.6 cm³/mol. The van der Waals surface area contributed by atoms with Crippen LogP contribution in [0.2, 0.25) is 0 Å². The average molecular weight is 393 g/mol. The monoisotopic (exact) mass is 392 g/mol. The highest BCUT2D eigenvalue weighted by atomic mass is 35.5. The molecule has 138 valence electrons. The zero-order valence-corrected chi connectivity index (χ0v) is 14.6. The molecule has 2 heterocycles. The third-order valence-corrected chi connectivity index (χ3v) is 4.83. The van der Waals surface area contributed by atoms with Gasteiger partial charge < -0.3 is 9.30 Å². The number of fused-ring (bicyclic) bond motifs is 1. The summed E-state index contributed by atoms with van der Waals surface area (Å²) in [6.45, 7) is 0.494. The minimum absolute atomic E-state index is 0.00753. The van der Waals surface area contributed by atoms with Crippen LogP contribution in [0.5, 0.6) is 0 Å². The average Bonchev–Trinajstić information content (AvgIpc) is 3.36. The fraction of sp³-hybridized carbons (Fsp3) is 0.333. The summed E-state index contributed by atoms with van der Waals surface area (Å²) in [6.07, 6.45) is -2.19. The van der Waals surface area contributed by atoms with Crippen molar-refractivity contribution < 1.29 is 17.9 Å². The molecule has 0 unspecified atom stereocenters. The van der Waals surface area contributed by atoms with E-state index in [9.17, 15) is 18.4 Å². The number of aromatic nitrogens is 2. The van der Waals surface area contributed by atoms with Gasteiger partial charge in [0.25, 0.3) is 0 Å². The first-order chi connectivity index (χ1) is 12.8. The van der Waals surface area contributed by atoms with Gasteiger partial charge in [-0.1, -0.05) is 5.73 Å². The Morgan fingerprint density at radius 1 is 1.37 bits per heavy atom. The van der Waals surface area contributed by atoms with Crippen molar-refractivity contribution in [2.45, 2.75) is 31.4 Å². The molecule has 0 bridgehead atoms. The fourth-order valence-corrected chi connectivity index (χ4v) is 3.15. The van der Waals surface area contributed by atoms with E-state index < -0.39 is 12.1 Å². The van der Waals surface area contributed by atoms with Gasteiger partial charge in [-0.2, -0.15) is 18.4 Å². The van der Waals surface area contributed by atoms with Crippen molar-refractivity contribution in [2.24, 2.45) is 10.4 Å². The van der Waals surface area contributed by atoms with E-state index in [0.717, 1.165) is 24.6 Å². The van der Waals surface area contributed by atoms with Crippen molar-refractivity contribution >= 4 is 34.2 Å². The molecule has 1 aliphatic carbocycles. The van der Waals surface area contributed by atoms with Gasteiger partial charge in [-0.3, -0.25) is 0 Å². The molecule has 0 amide bonds. The molecule has 2 aliphatic rings. The van der Waals surface area contributed by atoms with Crippen molar-refractivity contribution in [1.82, 2.24) is 9.55 Å². The largest absolute Gasteiger partial charge is 0.468 e. The van der Waals surface area contributed by atoms with E-state index in [4.69, 9.17) is 11.6 Å². The van der Waals surface area contributed by atoms with Crippen molar-refractivity contribution in [2.75, 3.05) is 0 Å². The number of alkyl halides is 4. The number of aliphatic imine (C=N–C) groups is 1. The molecule has 0 atom stereocenters. The van der Waals surface area contributed by atoms with Gasteiger partial charge in [0, 0.05) is 12.1 Å². The van der Waals surface area contributed by atoms with E-state index in [1.807, 2.05) is 4.57 Å². The van der Waals surface area contributed by atoms with Crippen LogP contribution in [0.3, 0.4) is 0 Å². The molecule has 1 aromatic carbocycles. The van der Waals surface area contributed by atoms with E-state index in [2.05, 4.69) is 26.5 Å². The molecule has 1 saturated carbocycles. The third-order valence-electron chi connectivity index (χ3n) is 4.59. The summed E-state index contributed by atoms with van der Waals surface area (Å²) >= 11 is 6.00. The fourth-order valence-electron chi connectivity index (χ4n) is 2.94. The molecule has 1 aromatic heterocycles. The second-order valence-electron chi connectivity index (χ2n) is 6.49. The van der Waals surface area contributed by atoms with Crippen LogP contribution in [0.1, 0.15) is 24.2 Å². The Labute approximate surface area is 157 Å². The topological polar surface area (TPSA) is 63.2 Å². The van der Waals surface area contributed by atoms with E-state index in [0.29, 0.717) is 23.4 Å². The summed E-state index contributed by atoms with van der Waals surface area (Å²) in [7, 11) is 0. The number of halogens is 4. The highest BCUT2D eigenvalue weighted by Gasteiger charge is 2.44. The van der Waals surface area contributed by atoms with Crippen molar-refractivity contribution in [3.05, 3.63) is 41.6 Å². The first-order valence-corrected chi connectivity index (χ1v) is 8.63. The molecule has 5 nitrogen and oxygen atoms in total. The van der Waals surface area contributed by atoms with Gasteiger partial charge in [-0.25, -0.2) is 9.98 Å². The number of nitriles is 1. The number of rotatable bonds is 4. The van der Waals surface area contributed by atoms with Gasteiger partial charge >= 0.3 is 12.1 Å². The van der Waals surface area contributed by atoms with E-state index in [-0.39, 0.29) is 17.0 Å². The molecule has 1 fully saturated rings. The van der Waals surface area contributed by atoms with E-state index in [1.54, 1.807) is 18.2 Å². The summed E-state index contributed by atoms with van der Waals surface area (Å²) in [5, 5.41) is 9.35. The molecule has 1 aliphatic heterocycles. The second kappa shape index (κ2) is 6.15. The third kappa shape index (κ3) is 3.20. The van der Waals surface area contributed by atoms with Gasteiger partial charge in [-0.05, 0) is 31.0 Å². The molecule has 0 radical (unpaired) electrons. The highest BCUT2D eigenvalue weighted by molar-refractivity contribution is 6.16. The van der Waals surface area contributed by atoms with Crippen LogP contribution >= 0.6 is 11.6 Å². The van der Waals surface area contributed by atoms with Gasteiger partial charge in [0.05, 0.1) is 28.4 Å². The Kier molecular flexibility index (Phi) is 4.02. The van der Waals surface area contributed by atoms with Gasteiger partial charge in [0.15, 0.2) is 0 Å². The number of hydrogen-bond donors (Lipinski definition) is 0. The van der Waals surface area contributed by atoms with Gasteiger partial charge in [0.2, 0.25) is 0 Å². The smallest absolute Gasteiger partial charge is 0.434 e. The zero-order valence-electron chi connectivity index (χ0n) is 13.8. The number of hydrogen-bond acceptors (Lipinski definition) is 4. The van der Waals surface area contributed by atoms with Crippen molar-refractivity contribution in [1.29, 1.82) is 5.26 Å². The Bertz CT molecular complexity index is 1070. The molecular formula is C18H12ClF3N4O. The first kappa shape index (κ1) is 17.7. The molecule has 0 N–H and O–H groups in total. The molecule has 27 heavy (non-hydrogen) atoms. The maximum absolute atomic E-state index is 12.8. The second-order valence-corrected chi connectivity index (χ2v) is 6.75. The number of ether oxygens (including phenoxy) is 1. The maximum Gasteiger partial charge on any atom is 0.468 e. The summed E-state index contributed by atoms with van der Waals surface area (Å²) in [5.74, 6) is -0.562. The van der Waals surface area contributed by atoms with Crippen LogP contribution in [0.15, 0.2) is 35.2 Å². The molecular weight excluding hydrogens is 381 g/mol. The lowest BCUT2D eigenvalue weighted by Gasteiger charge is -2.12. The van der Waals surface area contributed by atoms with E-state index >= 15 is 0 Å². The maximum atomic E-state index is 12.8. The summed E-state index contributed by atoms with van der Waals surface area (Å²) < 4.78 is 44.7. The van der Waals surface area contributed by atoms with Crippen LogP contribution in [-0.2, 0) is 17.2 Å².